The molecule has 25 heavy (non-hydrogen) atoms. The van der Waals surface area contributed by atoms with Gasteiger partial charge in [-0.25, -0.2) is 4.98 Å². The van der Waals surface area contributed by atoms with E-state index in [4.69, 9.17) is 11.6 Å². The lowest BCUT2D eigenvalue weighted by Crippen LogP contribution is -2.15. The van der Waals surface area contributed by atoms with Crippen molar-refractivity contribution in [3.05, 3.63) is 54.2 Å². The first-order chi connectivity index (χ1) is 12.2. The molecule has 0 radical (unpaired) electrons. The third kappa shape index (κ3) is 3.34. The number of aromatic nitrogens is 4. The number of hydrogen-bond acceptors (Lipinski definition) is 5. The summed E-state index contributed by atoms with van der Waals surface area (Å²) in [5.74, 6) is 0.491. The molecule has 1 aliphatic rings. The lowest BCUT2D eigenvalue weighted by Gasteiger charge is -2.12. The summed E-state index contributed by atoms with van der Waals surface area (Å²) in [4.78, 5) is 29.2. The Morgan fingerprint density at radius 1 is 1.04 bits per heavy atom. The largest absolute Gasteiger partial charge is 0.309 e. The predicted octanol–water partition coefficient (Wildman–Crippen LogP) is 3.60. The molecule has 0 unspecified atom stereocenters. The van der Waals surface area contributed by atoms with Crippen LogP contribution in [0.4, 0.5) is 5.82 Å². The van der Waals surface area contributed by atoms with Crippen molar-refractivity contribution >= 4 is 23.3 Å². The fraction of sp³-hybridized carbons (Fsp3) is 0.167. The highest BCUT2D eigenvalue weighted by Gasteiger charge is 2.30. The van der Waals surface area contributed by atoms with E-state index < -0.39 is 0 Å². The minimum absolute atomic E-state index is 0.0160. The molecule has 0 bridgehead atoms. The maximum Gasteiger partial charge on any atom is 0.228 e. The van der Waals surface area contributed by atoms with Crippen molar-refractivity contribution < 1.29 is 4.79 Å². The molecule has 1 amide bonds. The number of nitrogens with zero attached hydrogens (tertiary/aromatic N) is 4. The highest BCUT2D eigenvalue weighted by atomic mass is 35.5. The van der Waals surface area contributed by atoms with E-state index in [1.165, 1.54) is 0 Å². The van der Waals surface area contributed by atoms with E-state index in [0.29, 0.717) is 27.8 Å². The highest BCUT2D eigenvalue weighted by molar-refractivity contribution is 6.33. The van der Waals surface area contributed by atoms with Gasteiger partial charge in [-0.15, -0.1) is 0 Å². The summed E-state index contributed by atoms with van der Waals surface area (Å²) in [7, 11) is 0. The Balaban J connectivity index is 1.81. The molecule has 124 valence electrons. The minimum atomic E-state index is -0.0160. The Labute approximate surface area is 149 Å². The van der Waals surface area contributed by atoms with Gasteiger partial charge in [0.05, 0.1) is 16.9 Å². The number of halogens is 1. The maximum atomic E-state index is 12.0. The zero-order valence-corrected chi connectivity index (χ0v) is 13.9. The molecule has 6 nitrogen and oxygen atoms in total. The third-order valence-corrected chi connectivity index (χ3v) is 4.25. The van der Waals surface area contributed by atoms with Gasteiger partial charge in [0, 0.05) is 41.8 Å². The maximum absolute atomic E-state index is 12.0. The van der Waals surface area contributed by atoms with Crippen molar-refractivity contribution in [1.82, 2.24) is 19.9 Å². The molecule has 0 spiro atoms. The topological polar surface area (TPSA) is 80.7 Å². The number of nitrogens with one attached hydrogen (secondary N) is 1. The average Bonchev–Trinajstić information content (AvgIpc) is 3.48. The zero-order valence-electron chi connectivity index (χ0n) is 13.2. The van der Waals surface area contributed by atoms with Gasteiger partial charge in [-0.05, 0) is 31.0 Å². The van der Waals surface area contributed by atoms with Crippen LogP contribution in [0.3, 0.4) is 0 Å². The molecule has 1 saturated carbocycles. The second-order valence-corrected chi connectivity index (χ2v) is 6.21. The molecule has 1 fully saturated rings. The molecule has 0 saturated heterocycles. The molecule has 1 N–H and O–H groups in total. The van der Waals surface area contributed by atoms with Crippen LogP contribution in [-0.4, -0.2) is 25.8 Å². The molecule has 0 aromatic carbocycles. The Hall–Kier alpha value is -2.86. The quantitative estimate of drug-likeness (QED) is 0.776. The lowest BCUT2D eigenvalue weighted by atomic mass is 10.1. The fourth-order valence-corrected chi connectivity index (χ4v) is 2.71. The molecular formula is C18H14ClN5O. The first-order valence-electron chi connectivity index (χ1n) is 7.90. The van der Waals surface area contributed by atoms with Gasteiger partial charge in [0.2, 0.25) is 5.91 Å². The van der Waals surface area contributed by atoms with Crippen molar-refractivity contribution in [3.8, 4) is 22.5 Å². The van der Waals surface area contributed by atoms with Crippen molar-refractivity contribution in [2.75, 3.05) is 5.32 Å². The zero-order chi connectivity index (χ0) is 17.2. The van der Waals surface area contributed by atoms with E-state index in [0.717, 1.165) is 18.4 Å². The van der Waals surface area contributed by atoms with Crippen LogP contribution >= 0.6 is 11.6 Å². The SMILES string of the molecule is O=C(Nc1cnc(-c2ccncc2)c(-c2ccncc2Cl)n1)C1CC1. The van der Waals surface area contributed by atoms with Crippen molar-refractivity contribution in [2.24, 2.45) is 5.92 Å². The van der Waals surface area contributed by atoms with Crippen LogP contribution in [0, 0.1) is 5.92 Å². The number of rotatable bonds is 4. The Morgan fingerprint density at radius 3 is 2.52 bits per heavy atom. The molecule has 3 heterocycles. The van der Waals surface area contributed by atoms with E-state index in [1.54, 1.807) is 37.1 Å². The standard InChI is InChI=1S/C18H14ClN5O/c19-14-9-21-8-5-13(14)17-16(11-3-6-20-7-4-11)22-10-15(23-17)24-18(25)12-1-2-12/h3-10,12H,1-2H2,(H,23,24,25). The number of carbonyl (C=O) groups is 1. The monoisotopic (exact) mass is 351 g/mol. The number of pyridine rings is 2. The Bertz CT molecular complexity index is 928. The van der Waals surface area contributed by atoms with Crippen LogP contribution in [0.5, 0.6) is 0 Å². The number of carbonyl (C=O) groups excluding carboxylic acids is 1. The average molecular weight is 352 g/mol. The second kappa shape index (κ2) is 6.57. The lowest BCUT2D eigenvalue weighted by molar-refractivity contribution is -0.117. The Morgan fingerprint density at radius 2 is 1.80 bits per heavy atom. The summed E-state index contributed by atoms with van der Waals surface area (Å²) in [5.41, 5.74) is 2.83. The Kier molecular flexibility index (Phi) is 4.11. The molecule has 4 rings (SSSR count). The van der Waals surface area contributed by atoms with E-state index in [-0.39, 0.29) is 11.8 Å². The summed E-state index contributed by atoms with van der Waals surface area (Å²) >= 11 is 6.31. The minimum Gasteiger partial charge on any atom is -0.309 e. The summed E-state index contributed by atoms with van der Waals surface area (Å²) < 4.78 is 0. The first-order valence-corrected chi connectivity index (χ1v) is 8.28. The van der Waals surface area contributed by atoms with Gasteiger partial charge in [-0.3, -0.25) is 19.7 Å². The first kappa shape index (κ1) is 15.7. The third-order valence-electron chi connectivity index (χ3n) is 3.95. The predicted molar refractivity (Wildman–Crippen MR) is 94.9 cm³/mol. The van der Waals surface area contributed by atoms with E-state index in [9.17, 15) is 4.79 Å². The molecule has 1 aliphatic carbocycles. The molecule has 0 aliphatic heterocycles. The van der Waals surface area contributed by atoms with Crippen LogP contribution in [-0.2, 0) is 4.79 Å². The number of hydrogen-bond donors (Lipinski definition) is 1. The van der Waals surface area contributed by atoms with Crippen LogP contribution in [0.1, 0.15) is 12.8 Å². The molecule has 0 atom stereocenters. The second-order valence-electron chi connectivity index (χ2n) is 5.81. The fourth-order valence-electron chi connectivity index (χ4n) is 2.50. The molecule has 7 heteroatoms. The van der Waals surface area contributed by atoms with Crippen molar-refractivity contribution in [3.63, 3.8) is 0 Å². The highest BCUT2D eigenvalue weighted by Crippen LogP contribution is 2.34. The summed E-state index contributed by atoms with van der Waals surface area (Å²) in [6.07, 6.45) is 10.0. The van der Waals surface area contributed by atoms with Gasteiger partial charge in [0.15, 0.2) is 5.82 Å². The summed E-state index contributed by atoms with van der Waals surface area (Å²) in [5, 5.41) is 3.30. The summed E-state index contributed by atoms with van der Waals surface area (Å²) in [6.45, 7) is 0. The van der Waals surface area contributed by atoms with Gasteiger partial charge in [0.25, 0.3) is 0 Å². The summed E-state index contributed by atoms with van der Waals surface area (Å²) in [6, 6.07) is 5.49. The van der Waals surface area contributed by atoms with Gasteiger partial charge in [-0.1, -0.05) is 11.6 Å². The van der Waals surface area contributed by atoms with E-state index >= 15 is 0 Å². The van der Waals surface area contributed by atoms with Gasteiger partial charge >= 0.3 is 0 Å². The van der Waals surface area contributed by atoms with Crippen LogP contribution in [0.15, 0.2) is 49.2 Å². The number of amides is 1. The molecule has 3 aromatic rings. The normalized spacial score (nSPS) is 13.5. The van der Waals surface area contributed by atoms with Gasteiger partial charge in [0.1, 0.15) is 5.69 Å². The molecule has 3 aromatic heterocycles. The van der Waals surface area contributed by atoms with Crippen LogP contribution in [0.2, 0.25) is 5.02 Å². The van der Waals surface area contributed by atoms with Gasteiger partial charge in [-0.2, -0.15) is 0 Å². The van der Waals surface area contributed by atoms with Gasteiger partial charge < -0.3 is 5.32 Å². The number of anilines is 1. The van der Waals surface area contributed by atoms with Crippen molar-refractivity contribution in [1.29, 1.82) is 0 Å². The van der Waals surface area contributed by atoms with E-state index in [2.05, 4.69) is 25.3 Å². The smallest absolute Gasteiger partial charge is 0.228 e. The van der Waals surface area contributed by atoms with Crippen LogP contribution < -0.4 is 5.32 Å². The van der Waals surface area contributed by atoms with E-state index in [1.807, 2.05) is 12.1 Å². The van der Waals surface area contributed by atoms with Crippen LogP contribution in [0.25, 0.3) is 22.5 Å². The van der Waals surface area contributed by atoms with Crippen molar-refractivity contribution in [2.45, 2.75) is 12.8 Å². The molecular weight excluding hydrogens is 338 g/mol.